The highest BCUT2D eigenvalue weighted by Crippen LogP contribution is 2.18. The largest absolute Gasteiger partial charge is 0.352 e. The summed E-state index contributed by atoms with van der Waals surface area (Å²) in [5.74, 6) is -0.152. The molecule has 2 rings (SSSR count). The molecule has 0 aromatic heterocycles. The molecule has 0 radical (unpaired) electrons. The van der Waals surface area contributed by atoms with Gasteiger partial charge in [0.25, 0.3) is 0 Å². The first-order valence-electron chi connectivity index (χ1n) is 9.29. The molecule has 144 valence electrons. The van der Waals surface area contributed by atoms with Crippen molar-refractivity contribution in [2.45, 2.75) is 52.2 Å². The maximum absolute atomic E-state index is 13.0. The minimum absolute atomic E-state index is 0.0141. The molecule has 5 heteroatoms. The van der Waals surface area contributed by atoms with E-state index in [1.807, 2.05) is 75.4 Å². The average Bonchev–Trinajstić information content (AvgIpc) is 2.64. The lowest BCUT2D eigenvalue weighted by Crippen LogP contribution is -2.51. The van der Waals surface area contributed by atoms with Crippen LogP contribution in [0.2, 0.25) is 0 Å². The molecule has 0 saturated carbocycles. The van der Waals surface area contributed by atoms with Crippen LogP contribution in [0, 0.1) is 0 Å². The van der Waals surface area contributed by atoms with E-state index in [1.165, 1.54) is 0 Å². The number of amides is 2. The topological polar surface area (TPSA) is 49.4 Å². The van der Waals surface area contributed by atoms with Crippen LogP contribution in [0.3, 0.4) is 0 Å². The Bertz CT molecular complexity index is 762. The summed E-state index contributed by atoms with van der Waals surface area (Å²) < 4.78 is 0.954. The third-order valence-corrected chi connectivity index (χ3v) is 4.74. The standard InChI is InChI=1S/C22H27BrN2O2/c1-4-21(26)25(15-18-11-8-12-19(23)13-18)20(22(27)24-16(2)3)14-17-9-6-5-7-10-17/h5-13,16,20H,4,14-15H2,1-3H3,(H,24,27)/t20-/m1/s1. The monoisotopic (exact) mass is 430 g/mol. The zero-order chi connectivity index (χ0) is 19.8. The van der Waals surface area contributed by atoms with Gasteiger partial charge < -0.3 is 10.2 Å². The molecule has 0 aliphatic rings. The van der Waals surface area contributed by atoms with Gasteiger partial charge in [0.1, 0.15) is 6.04 Å². The normalized spacial score (nSPS) is 11.9. The van der Waals surface area contributed by atoms with Crippen molar-refractivity contribution in [3.63, 3.8) is 0 Å². The lowest BCUT2D eigenvalue weighted by Gasteiger charge is -2.32. The van der Waals surface area contributed by atoms with Gasteiger partial charge in [0.2, 0.25) is 11.8 Å². The Balaban J connectivity index is 2.35. The Morgan fingerprint density at radius 3 is 2.30 bits per heavy atom. The second-order valence-electron chi connectivity index (χ2n) is 6.87. The Hall–Kier alpha value is -2.14. The number of hydrogen-bond acceptors (Lipinski definition) is 2. The second-order valence-corrected chi connectivity index (χ2v) is 7.79. The van der Waals surface area contributed by atoms with Crippen molar-refractivity contribution < 1.29 is 9.59 Å². The van der Waals surface area contributed by atoms with Gasteiger partial charge in [-0.15, -0.1) is 0 Å². The van der Waals surface area contributed by atoms with Crippen LogP contribution in [0.5, 0.6) is 0 Å². The Labute approximate surface area is 170 Å². The van der Waals surface area contributed by atoms with E-state index in [4.69, 9.17) is 0 Å². The molecule has 27 heavy (non-hydrogen) atoms. The van der Waals surface area contributed by atoms with E-state index in [9.17, 15) is 9.59 Å². The zero-order valence-electron chi connectivity index (χ0n) is 16.1. The highest BCUT2D eigenvalue weighted by atomic mass is 79.9. The van der Waals surface area contributed by atoms with E-state index in [0.29, 0.717) is 19.4 Å². The number of nitrogens with zero attached hydrogens (tertiary/aromatic N) is 1. The van der Waals surface area contributed by atoms with Crippen molar-refractivity contribution in [1.29, 1.82) is 0 Å². The average molecular weight is 431 g/mol. The van der Waals surface area contributed by atoms with Gasteiger partial charge in [-0.3, -0.25) is 9.59 Å². The van der Waals surface area contributed by atoms with Crippen molar-refractivity contribution in [3.05, 3.63) is 70.2 Å². The highest BCUT2D eigenvalue weighted by molar-refractivity contribution is 9.10. The van der Waals surface area contributed by atoms with Crippen LogP contribution < -0.4 is 5.32 Å². The Kier molecular flexibility index (Phi) is 8.04. The molecule has 1 N–H and O–H groups in total. The molecule has 0 bridgehead atoms. The summed E-state index contributed by atoms with van der Waals surface area (Å²) in [4.78, 5) is 27.4. The summed E-state index contributed by atoms with van der Waals surface area (Å²) in [5, 5.41) is 2.98. The fourth-order valence-corrected chi connectivity index (χ4v) is 3.42. The van der Waals surface area contributed by atoms with E-state index in [0.717, 1.165) is 15.6 Å². The number of nitrogens with one attached hydrogen (secondary N) is 1. The number of hydrogen-bond donors (Lipinski definition) is 1. The molecule has 0 heterocycles. The van der Waals surface area contributed by atoms with Crippen LogP contribution in [-0.4, -0.2) is 28.8 Å². The van der Waals surface area contributed by atoms with Gasteiger partial charge in [-0.1, -0.05) is 65.3 Å². The quantitative estimate of drug-likeness (QED) is 0.677. The fraction of sp³-hybridized carbons (Fsp3) is 0.364. The van der Waals surface area contributed by atoms with Gasteiger partial charge in [0, 0.05) is 29.9 Å². The van der Waals surface area contributed by atoms with Crippen molar-refractivity contribution >= 4 is 27.7 Å². The molecule has 2 amide bonds. The molecule has 0 fully saturated rings. The van der Waals surface area contributed by atoms with Crippen LogP contribution in [0.15, 0.2) is 59.1 Å². The lowest BCUT2D eigenvalue weighted by atomic mass is 10.0. The first kappa shape index (κ1) is 21.2. The highest BCUT2D eigenvalue weighted by Gasteiger charge is 2.29. The number of carbonyl (C=O) groups excluding carboxylic acids is 2. The third-order valence-electron chi connectivity index (χ3n) is 4.25. The van der Waals surface area contributed by atoms with Crippen LogP contribution >= 0.6 is 15.9 Å². The van der Waals surface area contributed by atoms with E-state index < -0.39 is 6.04 Å². The van der Waals surface area contributed by atoms with Gasteiger partial charge in [-0.25, -0.2) is 0 Å². The minimum Gasteiger partial charge on any atom is -0.352 e. The SMILES string of the molecule is CCC(=O)N(Cc1cccc(Br)c1)[C@H](Cc1ccccc1)C(=O)NC(C)C. The molecule has 2 aromatic rings. The smallest absolute Gasteiger partial charge is 0.243 e. The molecular formula is C22H27BrN2O2. The van der Waals surface area contributed by atoms with Crippen molar-refractivity contribution in [2.24, 2.45) is 0 Å². The summed E-state index contributed by atoms with van der Waals surface area (Å²) in [6, 6.07) is 17.1. The molecule has 4 nitrogen and oxygen atoms in total. The Morgan fingerprint density at radius 1 is 1.04 bits per heavy atom. The fourth-order valence-electron chi connectivity index (χ4n) is 2.97. The predicted molar refractivity (Wildman–Crippen MR) is 112 cm³/mol. The first-order chi connectivity index (χ1) is 12.9. The zero-order valence-corrected chi connectivity index (χ0v) is 17.7. The number of rotatable bonds is 8. The van der Waals surface area contributed by atoms with Crippen LogP contribution in [0.1, 0.15) is 38.3 Å². The number of halogens is 1. The van der Waals surface area contributed by atoms with E-state index in [-0.39, 0.29) is 17.9 Å². The van der Waals surface area contributed by atoms with Gasteiger partial charge in [-0.2, -0.15) is 0 Å². The summed E-state index contributed by atoms with van der Waals surface area (Å²) in [7, 11) is 0. The van der Waals surface area contributed by atoms with Crippen molar-refractivity contribution in [3.8, 4) is 0 Å². The van der Waals surface area contributed by atoms with Crippen LogP contribution in [-0.2, 0) is 22.6 Å². The maximum Gasteiger partial charge on any atom is 0.243 e. The molecule has 0 saturated heterocycles. The number of carbonyl (C=O) groups is 2. The second kappa shape index (κ2) is 10.3. The summed E-state index contributed by atoms with van der Waals surface area (Å²) >= 11 is 3.48. The summed E-state index contributed by atoms with van der Waals surface area (Å²) in [5.41, 5.74) is 2.02. The van der Waals surface area contributed by atoms with Gasteiger partial charge in [-0.05, 0) is 37.1 Å². The van der Waals surface area contributed by atoms with Gasteiger partial charge in [0.15, 0.2) is 0 Å². The van der Waals surface area contributed by atoms with E-state index in [2.05, 4.69) is 21.2 Å². The maximum atomic E-state index is 13.0. The molecule has 2 aromatic carbocycles. The van der Waals surface area contributed by atoms with Crippen LogP contribution in [0.4, 0.5) is 0 Å². The molecule has 0 unspecified atom stereocenters. The van der Waals surface area contributed by atoms with Crippen molar-refractivity contribution in [1.82, 2.24) is 10.2 Å². The third kappa shape index (κ3) is 6.51. The predicted octanol–water partition coefficient (Wildman–Crippen LogP) is 4.32. The summed E-state index contributed by atoms with van der Waals surface area (Å²) in [6.45, 7) is 6.08. The van der Waals surface area contributed by atoms with E-state index in [1.54, 1.807) is 4.90 Å². The van der Waals surface area contributed by atoms with E-state index >= 15 is 0 Å². The molecule has 0 aliphatic heterocycles. The van der Waals surface area contributed by atoms with Crippen LogP contribution in [0.25, 0.3) is 0 Å². The van der Waals surface area contributed by atoms with Gasteiger partial charge >= 0.3 is 0 Å². The number of benzene rings is 2. The van der Waals surface area contributed by atoms with Crippen molar-refractivity contribution in [2.75, 3.05) is 0 Å². The molecule has 0 aliphatic carbocycles. The Morgan fingerprint density at radius 2 is 1.70 bits per heavy atom. The minimum atomic E-state index is -0.554. The molecule has 0 spiro atoms. The lowest BCUT2D eigenvalue weighted by molar-refractivity contribution is -0.141. The molecule has 1 atom stereocenters. The molecular weight excluding hydrogens is 404 g/mol. The van der Waals surface area contributed by atoms with Gasteiger partial charge in [0.05, 0.1) is 0 Å². The first-order valence-corrected chi connectivity index (χ1v) is 10.1. The summed E-state index contributed by atoms with van der Waals surface area (Å²) in [6.07, 6.45) is 0.841.